The van der Waals surface area contributed by atoms with Gasteiger partial charge in [-0.25, -0.2) is 0 Å². The molecule has 0 aliphatic heterocycles. The maximum absolute atomic E-state index is 11.2. The van der Waals surface area contributed by atoms with Gasteiger partial charge in [0.25, 0.3) is 0 Å². The van der Waals surface area contributed by atoms with E-state index in [0.717, 1.165) is 6.42 Å². The minimum absolute atomic E-state index is 0.0203. The normalized spacial score (nSPS) is 11.9. The maximum atomic E-state index is 11.2. The van der Waals surface area contributed by atoms with Crippen molar-refractivity contribution in [3.63, 3.8) is 0 Å². The number of hydrogen-bond acceptors (Lipinski definition) is 5. The van der Waals surface area contributed by atoms with E-state index in [4.69, 9.17) is 4.74 Å². The lowest BCUT2D eigenvalue weighted by Crippen LogP contribution is -2.18. The highest BCUT2D eigenvalue weighted by Crippen LogP contribution is 2.35. The molecular formula is C14H16N2O3S. The first-order valence-corrected chi connectivity index (χ1v) is 7.10. The molecule has 0 spiro atoms. The van der Waals surface area contributed by atoms with E-state index in [0.29, 0.717) is 5.69 Å². The molecule has 0 aliphatic carbocycles. The molecule has 0 saturated heterocycles. The number of anilines is 1. The summed E-state index contributed by atoms with van der Waals surface area (Å²) in [7, 11) is 1.43. The second-order valence-corrected chi connectivity index (χ2v) is 5.47. The van der Waals surface area contributed by atoms with E-state index in [2.05, 4.69) is 11.4 Å². The fraction of sp³-hybridized carbons (Fsp3) is 0.286. The first-order chi connectivity index (χ1) is 9.61. The molecule has 0 saturated carbocycles. The zero-order valence-electron chi connectivity index (χ0n) is 11.3. The van der Waals surface area contributed by atoms with E-state index >= 15 is 0 Å². The molecule has 2 rings (SSSR count). The van der Waals surface area contributed by atoms with Crippen LogP contribution < -0.4 is 10.1 Å². The molecule has 0 bridgehead atoms. The largest absolute Gasteiger partial charge is 0.490 e. The highest BCUT2D eigenvalue weighted by Gasteiger charge is 2.21. The van der Waals surface area contributed by atoms with Crippen molar-refractivity contribution < 1.29 is 9.66 Å². The van der Waals surface area contributed by atoms with Crippen LogP contribution in [-0.4, -0.2) is 18.1 Å². The van der Waals surface area contributed by atoms with Crippen molar-refractivity contribution in [3.05, 3.63) is 50.7 Å². The van der Waals surface area contributed by atoms with Gasteiger partial charge in [-0.15, -0.1) is 11.3 Å². The van der Waals surface area contributed by atoms with Crippen LogP contribution >= 0.6 is 11.3 Å². The maximum Gasteiger partial charge on any atom is 0.333 e. The quantitative estimate of drug-likeness (QED) is 0.651. The van der Waals surface area contributed by atoms with E-state index in [-0.39, 0.29) is 17.5 Å². The molecule has 6 heteroatoms. The van der Waals surface area contributed by atoms with Crippen molar-refractivity contribution in [2.24, 2.45) is 0 Å². The number of hydrogen-bond donors (Lipinski definition) is 1. The van der Waals surface area contributed by atoms with Crippen molar-refractivity contribution in [2.45, 2.75) is 19.4 Å². The molecule has 1 N–H and O–H groups in total. The number of nitro benzene ring substituents is 1. The van der Waals surface area contributed by atoms with E-state index in [1.807, 2.05) is 18.4 Å². The van der Waals surface area contributed by atoms with Gasteiger partial charge in [-0.05, 0) is 30.5 Å². The van der Waals surface area contributed by atoms with E-state index in [1.54, 1.807) is 29.5 Å². The Morgan fingerprint density at radius 2 is 2.20 bits per heavy atom. The molecule has 0 fully saturated rings. The number of para-hydroxylation sites is 1. The standard InChI is InChI=1S/C14H16N2O3S/c1-10(9-11-5-4-8-20-11)15-12-6-3-7-13(19-2)14(12)16(17)18/h3-8,10,15H,9H2,1-2H3. The minimum Gasteiger partial charge on any atom is -0.490 e. The predicted octanol–water partition coefficient (Wildman–Crippen LogP) is 3.71. The van der Waals surface area contributed by atoms with Crippen LogP contribution in [0.25, 0.3) is 0 Å². The molecule has 1 unspecified atom stereocenters. The number of thiophene rings is 1. The summed E-state index contributed by atoms with van der Waals surface area (Å²) < 4.78 is 5.06. The van der Waals surface area contributed by atoms with Crippen LogP contribution in [0.5, 0.6) is 5.75 Å². The second-order valence-electron chi connectivity index (χ2n) is 4.44. The monoisotopic (exact) mass is 292 g/mol. The molecule has 106 valence electrons. The number of methoxy groups -OCH3 is 1. The Balaban J connectivity index is 2.18. The zero-order valence-corrected chi connectivity index (χ0v) is 12.1. The van der Waals surface area contributed by atoms with Crippen LogP contribution in [0.3, 0.4) is 0 Å². The molecule has 5 nitrogen and oxygen atoms in total. The molecular weight excluding hydrogens is 276 g/mol. The Labute approximate surface area is 121 Å². The van der Waals surface area contributed by atoms with Gasteiger partial charge < -0.3 is 10.1 Å². The predicted molar refractivity (Wildman–Crippen MR) is 80.8 cm³/mol. The Kier molecular flexibility index (Phi) is 4.57. The first-order valence-electron chi connectivity index (χ1n) is 6.22. The van der Waals surface area contributed by atoms with Crippen molar-refractivity contribution >= 4 is 22.7 Å². The van der Waals surface area contributed by atoms with Gasteiger partial charge in [0.1, 0.15) is 5.69 Å². The van der Waals surface area contributed by atoms with Gasteiger partial charge >= 0.3 is 5.69 Å². The van der Waals surface area contributed by atoms with Gasteiger partial charge in [0.2, 0.25) is 0 Å². The van der Waals surface area contributed by atoms with Gasteiger partial charge in [0.05, 0.1) is 12.0 Å². The van der Waals surface area contributed by atoms with Crippen LogP contribution in [0, 0.1) is 10.1 Å². The molecule has 0 radical (unpaired) electrons. The smallest absolute Gasteiger partial charge is 0.333 e. The molecule has 20 heavy (non-hydrogen) atoms. The SMILES string of the molecule is COc1cccc(NC(C)Cc2cccs2)c1[N+](=O)[O-]. The van der Waals surface area contributed by atoms with Crippen LogP contribution in [-0.2, 0) is 6.42 Å². The lowest BCUT2D eigenvalue weighted by atomic mass is 10.1. The molecule has 0 amide bonds. The Morgan fingerprint density at radius 3 is 2.80 bits per heavy atom. The molecule has 1 atom stereocenters. The molecule has 1 aromatic heterocycles. The van der Waals surface area contributed by atoms with E-state index in [1.165, 1.54) is 12.0 Å². The Hall–Kier alpha value is -2.08. The third-order valence-corrected chi connectivity index (χ3v) is 3.79. The zero-order chi connectivity index (χ0) is 14.5. The average Bonchev–Trinajstić information content (AvgIpc) is 2.90. The first kappa shape index (κ1) is 14.3. The van der Waals surface area contributed by atoms with Crippen molar-refractivity contribution in [3.8, 4) is 5.75 Å². The summed E-state index contributed by atoms with van der Waals surface area (Å²) in [6, 6.07) is 9.19. The minimum atomic E-state index is -0.418. The Morgan fingerprint density at radius 1 is 1.40 bits per heavy atom. The summed E-state index contributed by atoms with van der Waals surface area (Å²) in [6.45, 7) is 2.00. The van der Waals surface area contributed by atoms with Gasteiger partial charge in [-0.2, -0.15) is 0 Å². The Bertz CT molecular complexity index is 584. The summed E-state index contributed by atoms with van der Waals surface area (Å²) in [6.07, 6.45) is 0.825. The van der Waals surface area contributed by atoms with Gasteiger partial charge in [0, 0.05) is 17.3 Å². The topological polar surface area (TPSA) is 64.4 Å². The number of ether oxygens (including phenoxy) is 1. The van der Waals surface area contributed by atoms with Gasteiger partial charge in [-0.3, -0.25) is 10.1 Å². The van der Waals surface area contributed by atoms with Crippen molar-refractivity contribution in [1.82, 2.24) is 0 Å². The third kappa shape index (κ3) is 3.27. The third-order valence-electron chi connectivity index (χ3n) is 2.89. The van der Waals surface area contributed by atoms with Crippen molar-refractivity contribution in [2.75, 3.05) is 12.4 Å². The summed E-state index contributed by atoms with van der Waals surface area (Å²) in [5.41, 5.74) is 0.464. The van der Waals surface area contributed by atoms with Crippen LogP contribution in [0.4, 0.5) is 11.4 Å². The highest BCUT2D eigenvalue weighted by atomic mass is 32.1. The summed E-state index contributed by atoms with van der Waals surface area (Å²) in [4.78, 5) is 12.0. The summed E-state index contributed by atoms with van der Waals surface area (Å²) in [5.74, 6) is 0.267. The van der Waals surface area contributed by atoms with Gasteiger partial charge in [0.15, 0.2) is 5.75 Å². The van der Waals surface area contributed by atoms with Crippen LogP contribution in [0.1, 0.15) is 11.8 Å². The molecule has 1 heterocycles. The molecule has 1 aromatic carbocycles. The number of benzene rings is 1. The summed E-state index contributed by atoms with van der Waals surface area (Å²) >= 11 is 1.68. The van der Waals surface area contributed by atoms with Crippen molar-refractivity contribution in [1.29, 1.82) is 0 Å². The molecule has 0 aliphatic rings. The lowest BCUT2D eigenvalue weighted by molar-refractivity contribution is -0.384. The fourth-order valence-corrected chi connectivity index (χ4v) is 2.87. The number of nitro groups is 1. The second kappa shape index (κ2) is 6.38. The van der Waals surface area contributed by atoms with E-state index in [9.17, 15) is 10.1 Å². The summed E-state index contributed by atoms with van der Waals surface area (Å²) in [5, 5.41) is 16.4. The number of nitrogens with zero attached hydrogens (tertiary/aromatic N) is 1. The highest BCUT2D eigenvalue weighted by molar-refractivity contribution is 7.09. The lowest BCUT2D eigenvalue weighted by Gasteiger charge is -2.15. The molecule has 2 aromatic rings. The number of nitrogens with one attached hydrogen (secondary N) is 1. The van der Waals surface area contributed by atoms with Crippen LogP contribution in [0.15, 0.2) is 35.7 Å². The average molecular weight is 292 g/mol. The van der Waals surface area contributed by atoms with E-state index < -0.39 is 4.92 Å². The van der Waals surface area contributed by atoms with Gasteiger partial charge in [-0.1, -0.05) is 12.1 Å². The van der Waals surface area contributed by atoms with Crippen LogP contribution in [0.2, 0.25) is 0 Å². The fourth-order valence-electron chi connectivity index (χ4n) is 2.04. The number of rotatable bonds is 6.